The zero-order valence-corrected chi connectivity index (χ0v) is 20.1. The number of aromatic nitrogens is 6. The first kappa shape index (κ1) is 24.0. The maximum Gasteiger partial charge on any atom is 0.433 e. The molecule has 0 unspecified atom stereocenters. The minimum Gasteiger partial charge on any atom is -0.497 e. The molecule has 0 atom stereocenters. The molecule has 5 rings (SSSR count). The summed E-state index contributed by atoms with van der Waals surface area (Å²) < 4.78 is 55.1. The van der Waals surface area contributed by atoms with Crippen molar-refractivity contribution in [1.29, 1.82) is 0 Å². The van der Waals surface area contributed by atoms with Crippen molar-refractivity contribution < 1.29 is 22.6 Å². The van der Waals surface area contributed by atoms with Crippen molar-refractivity contribution in [3.63, 3.8) is 0 Å². The molecule has 0 aliphatic carbocycles. The number of benzene rings is 2. The largest absolute Gasteiger partial charge is 0.497 e. The van der Waals surface area contributed by atoms with Gasteiger partial charge in [0.25, 0.3) is 5.95 Å². The molecule has 3 aromatic heterocycles. The maximum atomic E-state index is 13.9. The second-order valence-electron chi connectivity index (χ2n) is 8.13. The SMILES string of the molecule is COc1cccc(-c2cc(-c3cccc(OC)c3)n(-c3nc(-c4cnn(C)c4)cc(C(F)(F)F)n3)n2)c1. The van der Waals surface area contributed by atoms with Crippen LogP contribution in [-0.2, 0) is 13.2 Å². The molecule has 5 aromatic rings. The predicted molar refractivity (Wildman–Crippen MR) is 130 cm³/mol. The standard InChI is InChI=1S/C26H21F3N6O2/c1-34-15-18(14-30-34)21-13-24(26(27,28)29)32-25(31-21)35-23(17-7-5-9-20(11-17)37-3)12-22(33-35)16-6-4-8-19(10-16)36-2/h4-15H,1-3H3. The highest BCUT2D eigenvalue weighted by atomic mass is 19.4. The summed E-state index contributed by atoms with van der Waals surface area (Å²) in [5, 5.41) is 8.69. The molecule has 8 nitrogen and oxygen atoms in total. The fraction of sp³-hybridized carbons (Fsp3) is 0.154. The smallest absolute Gasteiger partial charge is 0.433 e. The van der Waals surface area contributed by atoms with Gasteiger partial charge in [0.1, 0.15) is 11.5 Å². The van der Waals surface area contributed by atoms with Crippen LogP contribution in [-0.4, -0.2) is 43.7 Å². The van der Waals surface area contributed by atoms with E-state index in [0.29, 0.717) is 39.6 Å². The second kappa shape index (κ2) is 9.41. The average Bonchev–Trinajstić information content (AvgIpc) is 3.55. The lowest BCUT2D eigenvalue weighted by molar-refractivity contribution is -0.141. The summed E-state index contributed by atoms with van der Waals surface area (Å²) in [7, 11) is 4.76. The second-order valence-corrected chi connectivity index (χ2v) is 8.13. The summed E-state index contributed by atoms with van der Waals surface area (Å²) in [4.78, 5) is 8.31. The molecule has 11 heteroatoms. The van der Waals surface area contributed by atoms with Gasteiger partial charge in [-0.15, -0.1) is 0 Å². The van der Waals surface area contributed by atoms with E-state index in [1.165, 1.54) is 22.7 Å². The highest BCUT2D eigenvalue weighted by Gasteiger charge is 2.34. The minimum absolute atomic E-state index is 0.0699. The molecule has 0 fully saturated rings. The van der Waals surface area contributed by atoms with Crippen LogP contribution in [0.4, 0.5) is 13.2 Å². The number of alkyl halides is 3. The van der Waals surface area contributed by atoms with Crippen molar-refractivity contribution in [2.45, 2.75) is 6.18 Å². The fourth-order valence-corrected chi connectivity index (χ4v) is 3.82. The van der Waals surface area contributed by atoms with Crippen molar-refractivity contribution >= 4 is 0 Å². The zero-order chi connectivity index (χ0) is 26.2. The monoisotopic (exact) mass is 506 g/mol. The average molecular weight is 506 g/mol. The van der Waals surface area contributed by atoms with Crippen LogP contribution in [0.1, 0.15) is 5.69 Å². The summed E-state index contributed by atoms with van der Waals surface area (Å²) >= 11 is 0. The lowest BCUT2D eigenvalue weighted by Crippen LogP contribution is -2.14. The lowest BCUT2D eigenvalue weighted by Gasteiger charge is -2.12. The Kier molecular flexibility index (Phi) is 6.12. The van der Waals surface area contributed by atoms with Gasteiger partial charge in [-0.05, 0) is 36.4 Å². The number of methoxy groups -OCH3 is 2. The summed E-state index contributed by atoms with van der Waals surface area (Å²) in [6.45, 7) is 0. The first-order chi connectivity index (χ1) is 17.7. The van der Waals surface area contributed by atoms with E-state index >= 15 is 0 Å². The summed E-state index contributed by atoms with van der Waals surface area (Å²) in [6.07, 6.45) is -1.67. The van der Waals surface area contributed by atoms with E-state index in [9.17, 15) is 13.2 Å². The van der Waals surface area contributed by atoms with Crippen LogP contribution in [0.15, 0.2) is 73.1 Å². The third-order valence-corrected chi connectivity index (χ3v) is 5.64. The van der Waals surface area contributed by atoms with E-state index in [4.69, 9.17) is 9.47 Å². The molecule has 0 radical (unpaired) electrons. The van der Waals surface area contributed by atoms with Crippen LogP contribution in [0.2, 0.25) is 0 Å². The van der Waals surface area contributed by atoms with Gasteiger partial charge in [-0.2, -0.15) is 28.1 Å². The van der Waals surface area contributed by atoms with Gasteiger partial charge in [0.15, 0.2) is 5.69 Å². The highest BCUT2D eigenvalue weighted by molar-refractivity contribution is 5.71. The molecule has 0 amide bonds. The Morgan fingerprint density at radius 2 is 1.46 bits per heavy atom. The molecule has 188 valence electrons. The van der Waals surface area contributed by atoms with Gasteiger partial charge in [0, 0.05) is 29.9 Å². The Balaban J connectivity index is 1.76. The molecule has 2 aromatic carbocycles. The van der Waals surface area contributed by atoms with E-state index in [2.05, 4.69) is 20.2 Å². The number of rotatable bonds is 6. The fourth-order valence-electron chi connectivity index (χ4n) is 3.82. The minimum atomic E-state index is -4.70. The quantitative estimate of drug-likeness (QED) is 0.306. The van der Waals surface area contributed by atoms with Gasteiger partial charge >= 0.3 is 6.18 Å². The zero-order valence-electron chi connectivity index (χ0n) is 20.1. The van der Waals surface area contributed by atoms with Gasteiger partial charge < -0.3 is 9.47 Å². The van der Waals surface area contributed by atoms with Crippen LogP contribution >= 0.6 is 0 Å². The van der Waals surface area contributed by atoms with Gasteiger partial charge in [-0.25, -0.2) is 9.97 Å². The van der Waals surface area contributed by atoms with Gasteiger partial charge in [0.05, 0.1) is 37.5 Å². The van der Waals surface area contributed by atoms with Crippen molar-refractivity contribution in [2.75, 3.05) is 14.2 Å². The summed E-state index contributed by atoms with van der Waals surface area (Å²) in [6, 6.07) is 17.0. The van der Waals surface area contributed by atoms with E-state index in [1.807, 2.05) is 6.07 Å². The number of hydrogen-bond acceptors (Lipinski definition) is 6. The Morgan fingerprint density at radius 1 is 0.784 bits per heavy atom. The lowest BCUT2D eigenvalue weighted by atomic mass is 10.1. The topological polar surface area (TPSA) is 79.9 Å². The van der Waals surface area contributed by atoms with Crippen LogP contribution in [0.25, 0.3) is 39.7 Å². The highest BCUT2D eigenvalue weighted by Crippen LogP contribution is 2.34. The number of ether oxygens (including phenoxy) is 2. The summed E-state index contributed by atoms with van der Waals surface area (Å²) in [5.41, 5.74) is 1.74. The first-order valence-corrected chi connectivity index (χ1v) is 11.1. The summed E-state index contributed by atoms with van der Waals surface area (Å²) in [5.74, 6) is 0.957. The van der Waals surface area contributed by atoms with Crippen LogP contribution in [0.5, 0.6) is 11.5 Å². The Hall–Kier alpha value is -4.67. The number of halogens is 3. The van der Waals surface area contributed by atoms with E-state index < -0.39 is 11.9 Å². The van der Waals surface area contributed by atoms with Crippen LogP contribution < -0.4 is 9.47 Å². The molecule has 0 spiro atoms. The van der Waals surface area contributed by atoms with Gasteiger partial charge in [-0.3, -0.25) is 4.68 Å². The normalized spacial score (nSPS) is 11.5. The van der Waals surface area contributed by atoms with Crippen molar-refractivity contribution in [3.05, 3.63) is 78.8 Å². The maximum absolute atomic E-state index is 13.9. The molecule has 0 saturated carbocycles. The van der Waals surface area contributed by atoms with Gasteiger partial charge in [-0.1, -0.05) is 24.3 Å². The molecular formula is C26H21F3N6O2. The first-order valence-electron chi connectivity index (χ1n) is 11.1. The number of aryl methyl sites for hydroxylation is 1. The van der Waals surface area contributed by atoms with Crippen molar-refractivity contribution in [3.8, 4) is 51.2 Å². The van der Waals surface area contributed by atoms with Crippen LogP contribution in [0.3, 0.4) is 0 Å². The van der Waals surface area contributed by atoms with Crippen molar-refractivity contribution in [1.82, 2.24) is 29.5 Å². The molecular weight excluding hydrogens is 485 g/mol. The third-order valence-electron chi connectivity index (χ3n) is 5.64. The molecule has 0 aliphatic heterocycles. The predicted octanol–water partition coefficient (Wildman–Crippen LogP) is 5.43. The molecule has 3 heterocycles. The molecule has 0 saturated heterocycles. The molecule has 0 bridgehead atoms. The van der Waals surface area contributed by atoms with Gasteiger partial charge in [0.2, 0.25) is 0 Å². The number of hydrogen-bond donors (Lipinski definition) is 0. The number of nitrogens with zero attached hydrogens (tertiary/aromatic N) is 6. The van der Waals surface area contributed by atoms with E-state index in [-0.39, 0.29) is 11.6 Å². The Bertz CT molecular complexity index is 1570. The van der Waals surface area contributed by atoms with E-state index in [0.717, 1.165) is 6.07 Å². The molecule has 0 aliphatic rings. The van der Waals surface area contributed by atoms with E-state index in [1.54, 1.807) is 68.9 Å². The molecule has 37 heavy (non-hydrogen) atoms. The Labute approximate surface area is 209 Å². The third kappa shape index (κ3) is 4.88. The Morgan fingerprint density at radius 3 is 2.08 bits per heavy atom. The van der Waals surface area contributed by atoms with Crippen molar-refractivity contribution in [2.24, 2.45) is 7.05 Å². The van der Waals surface area contributed by atoms with Crippen LogP contribution in [0, 0.1) is 0 Å². The molecule has 0 N–H and O–H groups in total.